The molecule has 0 saturated heterocycles. The van der Waals surface area contributed by atoms with Gasteiger partial charge in [0.2, 0.25) is 0 Å². The second-order valence-corrected chi connectivity index (χ2v) is 4.96. The highest BCUT2D eigenvalue weighted by atomic mass is 19.1. The first-order chi connectivity index (χ1) is 11.1. The third-order valence-electron chi connectivity index (χ3n) is 3.57. The van der Waals surface area contributed by atoms with Crippen LogP contribution in [0.4, 0.5) is 10.1 Å². The predicted octanol–water partition coefficient (Wildman–Crippen LogP) is 3.56. The zero-order valence-corrected chi connectivity index (χ0v) is 13.2. The molecule has 1 N–H and O–H groups in total. The van der Waals surface area contributed by atoms with Crippen LogP contribution in [-0.2, 0) is 0 Å². The number of benzene rings is 2. The highest BCUT2D eigenvalue weighted by Gasteiger charge is 2.18. The summed E-state index contributed by atoms with van der Waals surface area (Å²) in [5, 5.41) is 2.63. The zero-order valence-electron chi connectivity index (χ0n) is 13.2. The standard InChI is InChI=1S/C18H19FN2O2/c1-3-21(4-2)18(23)14-10-6-8-12-16(14)20-17(22)13-9-5-7-11-15(13)19/h5-12H,3-4H2,1-2H3,(H,20,22). The van der Waals surface area contributed by atoms with Crippen LogP contribution in [0.3, 0.4) is 0 Å². The maximum atomic E-state index is 13.7. The van der Waals surface area contributed by atoms with Gasteiger partial charge in [-0.15, -0.1) is 0 Å². The highest BCUT2D eigenvalue weighted by molar-refractivity contribution is 6.09. The number of halogens is 1. The topological polar surface area (TPSA) is 49.4 Å². The largest absolute Gasteiger partial charge is 0.339 e. The minimum Gasteiger partial charge on any atom is -0.339 e. The van der Waals surface area contributed by atoms with Crippen LogP contribution >= 0.6 is 0 Å². The van der Waals surface area contributed by atoms with Crippen LogP contribution < -0.4 is 5.32 Å². The van der Waals surface area contributed by atoms with Gasteiger partial charge in [0.05, 0.1) is 16.8 Å². The number of anilines is 1. The molecule has 0 aromatic heterocycles. The third-order valence-corrected chi connectivity index (χ3v) is 3.57. The summed E-state index contributed by atoms with van der Waals surface area (Å²) in [7, 11) is 0. The number of hydrogen-bond acceptors (Lipinski definition) is 2. The normalized spacial score (nSPS) is 10.2. The van der Waals surface area contributed by atoms with Crippen LogP contribution in [-0.4, -0.2) is 29.8 Å². The Kier molecular flexibility index (Phi) is 5.46. The van der Waals surface area contributed by atoms with E-state index in [1.54, 1.807) is 35.2 Å². The van der Waals surface area contributed by atoms with Crippen molar-refractivity contribution in [3.05, 3.63) is 65.5 Å². The van der Waals surface area contributed by atoms with Gasteiger partial charge in [0.1, 0.15) is 5.82 Å². The van der Waals surface area contributed by atoms with E-state index in [-0.39, 0.29) is 11.5 Å². The van der Waals surface area contributed by atoms with Crippen LogP contribution in [0.1, 0.15) is 34.6 Å². The van der Waals surface area contributed by atoms with Gasteiger partial charge < -0.3 is 10.2 Å². The van der Waals surface area contributed by atoms with E-state index in [2.05, 4.69) is 5.32 Å². The maximum absolute atomic E-state index is 13.7. The Hall–Kier alpha value is -2.69. The molecule has 120 valence electrons. The maximum Gasteiger partial charge on any atom is 0.258 e. The lowest BCUT2D eigenvalue weighted by Gasteiger charge is -2.20. The number of para-hydroxylation sites is 1. The average Bonchev–Trinajstić information content (AvgIpc) is 2.56. The van der Waals surface area contributed by atoms with Crippen molar-refractivity contribution in [1.82, 2.24) is 4.90 Å². The van der Waals surface area contributed by atoms with E-state index in [0.717, 1.165) is 0 Å². The minimum absolute atomic E-state index is 0.0578. The second kappa shape index (κ2) is 7.54. The predicted molar refractivity (Wildman–Crippen MR) is 88.0 cm³/mol. The van der Waals surface area contributed by atoms with Crippen molar-refractivity contribution in [2.45, 2.75) is 13.8 Å². The van der Waals surface area contributed by atoms with Crippen molar-refractivity contribution in [3.8, 4) is 0 Å². The number of hydrogen-bond donors (Lipinski definition) is 1. The van der Waals surface area contributed by atoms with E-state index in [1.165, 1.54) is 18.2 Å². The molecule has 2 rings (SSSR count). The van der Waals surface area contributed by atoms with Gasteiger partial charge in [-0.3, -0.25) is 9.59 Å². The zero-order chi connectivity index (χ0) is 16.8. The smallest absolute Gasteiger partial charge is 0.258 e. The third kappa shape index (κ3) is 3.74. The van der Waals surface area contributed by atoms with Gasteiger partial charge in [0.25, 0.3) is 11.8 Å². The molecule has 2 aromatic carbocycles. The molecule has 23 heavy (non-hydrogen) atoms. The molecule has 0 heterocycles. The first kappa shape index (κ1) is 16.7. The van der Waals surface area contributed by atoms with Gasteiger partial charge in [-0.1, -0.05) is 24.3 Å². The summed E-state index contributed by atoms with van der Waals surface area (Å²) in [5.41, 5.74) is 0.705. The summed E-state index contributed by atoms with van der Waals surface area (Å²) in [6.07, 6.45) is 0. The summed E-state index contributed by atoms with van der Waals surface area (Å²) in [4.78, 5) is 26.4. The van der Waals surface area contributed by atoms with Crippen molar-refractivity contribution in [3.63, 3.8) is 0 Å². The Morgan fingerprint density at radius 3 is 2.13 bits per heavy atom. The van der Waals surface area contributed by atoms with Crippen molar-refractivity contribution < 1.29 is 14.0 Å². The molecule has 0 saturated carbocycles. The number of amides is 2. The summed E-state index contributed by atoms with van der Waals surface area (Å²) in [5.74, 6) is -1.35. The summed E-state index contributed by atoms with van der Waals surface area (Å²) < 4.78 is 13.7. The summed E-state index contributed by atoms with van der Waals surface area (Å²) in [6.45, 7) is 4.93. The van der Waals surface area contributed by atoms with Crippen LogP contribution in [0.15, 0.2) is 48.5 Å². The highest BCUT2D eigenvalue weighted by Crippen LogP contribution is 2.19. The molecule has 2 aromatic rings. The first-order valence-electron chi connectivity index (χ1n) is 7.52. The van der Waals surface area contributed by atoms with E-state index in [0.29, 0.717) is 24.3 Å². The van der Waals surface area contributed by atoms with E-state index in [9.17, 15) is 14.0 Å². The minimum atomic E-state index is -0.599. The molecule has 0 spiro atoms. The van der Waals surface area contributed by atoms with E-state index in [1.807, 2.05) is 13.8 Å². The Morgan fingerprint density at radius 1 is 0.957 bits per heavy atom. The van der Waals surface area contributed by atoms with Crippen molar-refractivity contribution in [2.24, 2.45) is 0 Å². The number of carbonyl (C=O) groups is 2. The molecule has 0 aliphatic carbocycles. The van der Waals surface area contributed by atoms with Crippen LogP contribution in [0, 0.1) is 5.82 Å². The van der Waals surface area contributed by atoms with Crippen molar-refractivity contribution in [1.29, 1.82) is 0 Å². The molecule has 0 radical (unpaired) electrons. The SMILES string of the molecule is CCN(CC)C(=O)c1ccccc1NC(=O)c1ccccc1F. The lowest BCUT2D eigenvalue weighted by molar-refractivity contribution is 0.0774. The number of carbonyl (C=O) groups excluding carboxylic acids is 2. The molecule has 5 heteroatoms. The van der Waals surface area contributed by atoms with Gasteiger partial charge in [-0.25, -0.2) is 4.39 Å². The molecule has 0 fully saturated rings. The monoisotopic (exact) mass is 314 g/mol. The second-order valence-electron chi connectivity index (χ2n) is 4.96. The fraction of sp³-hybridized carbons (Fsp3) is 0.222. The number of nitrogens with zero attached hydrogens (tertiary/aromatic N) is 1. The first-order valence-corrected chi connectivity index (χ1v) is 7.52. The fourth-order valence-corrected chi connectivity index (χ4v) is 2.29. The van der Waals surface area contributed by atoms with Gasteiger partial charge in [-0.2, -0.15) is 0 Å². The van der Waals surface area contributed by atoms with Crippen molar-refractivity contribution in [2.75, 3.05) is 18.4 Å². The molecule has 4 nitrogen and oxygen atoms in total. The Balaban J connectivity index is 2.29. The molecule has 0 aliphatic heterocycles. The Labute approximate surface area is 134 Å². The van der Waals surface area contributed by atoms with Gasteiger partial charge in [-0.05, 0) is 38.1 Å². The van der Waals surface area contributed by atoms with Gasteiger partial charge in [0, 0.05) is 13.1 Å². The Morgan fingerprint density at radius 2 is 1.52 bits per heavy atom. The molecule has 2 amide bonds. The van der Waals surface area contributed by atoms with E-state index in [4.69, 9.17) is 0 Å². The van der Waals surface area contributed by atoms with Gasteiger partial charge >= 0.3 is 0 Å². The molecular formula is C18H19FN2O2. The van der Waals surface area contributed by atoms with Crippen LogP contribution in [0.5, 0.6) is 0 Å². The van der Waals surface area contributed by atoms with E-state index < -0.39 is 11.7 Å². The van der Waals surface area contributed by atoms with Gasteiger partial charge in [0.15, 0.2) is 0 Å². The molecule has 0 atom stereocenters. The lowest BCUT2D eigenvalue weighted by atomic mass is 10.1. The lowest BCUT2D eigenvalue weighted by Crippen LogP contribution is -2.31. The molecule has 0 bridgehead atoms. The molecular weight excluding hydrogens is 295 g/mol. The summed E-state index contributed by atoms with van der Waals surface area (Å²) >= 11 is 0. The Bertz CT molecular complexity index is 712. The quantitative estimate of drug-likeness (QED) is 0.917. The van der Waals surface area contributed by atoms with E-state index >= 15 is 0 Å². The summed E-state index contributed by atoms with van der Waals surface area (Å²) in [6, 6.07) is 12.5. The molecule has 0 unspecified atom stereocenters. The fourth-order valence-electron chi connectivity index (χ4n) is 2.29. The van der Waals surface area contributed by atoms with Crippen molar-refractivity contribution >= 4 is 17.5 Å². The van der Waals surface area contributed by atoms with Crippen LogP contribution in [0.2, 0.25) is 0 Å². The van der Waals surface area contributed by atoms with Crippen LogP contribution in [0.25, 0.3) is 0 Å². The molecule has 0 aliphatic rings. The number of rotatable bonds is 5. The average molecular weight is 314 g/mol. The number of nitrogens with one attached hydrogen (secondary N) is 1.